The fourth-order valence-corrected chi connectivity index (χ4v) is 3.49. The van der Waals surface area contributed by atoms with Gasteiger partial charge >= 0.3 is 0 Å². The molecule has 2 heterocycles. The maximum absolute atomic E-state index is 12.6. The summed E-state index contributed by atoms with van der Waals surface area (Å²) in [5, 5.41) is 3.92. The molecule has 0 saturated carbocycles. The van der Waals surface area contributed by atoms with Crippen LogP contribution in [0.2, 0.25) is 0 Å². The summed E-state index contributed by atoms with van der Waals surface area (Å²) in [4.78, 5) is 15.0. The van der Waals surface area contributed by atoms with Crippen LogP contribution in [0.1, 0.15) is 35.4 Å². The summed E-state index contributed by atoms with van der Waals surface area (Å²) in [6.07, 6.45) is 3.83. The fraction of sp³-hybridized carbons (Fsp3) is 0.286. The van der Waals surface area contributed by atoms with Gasteiger partial charge in [-0.3, -0.25) is 4.79 Å². The Morgan fingerprint density at radius 2 is 1.72 bits per heavy atom. The highest BCUT2D eigenvalue weighted by molar-refractivity contribution is 6.06. The van der Waals surface area contributed by atoms with Crippen LogP contribution in [-0.2, 0) is 0 Å². The smallest absolute Gasteiger partial charge is 0.291 e. The summed E-state index contributed by atoms with van der Waals surface area (Å²) >= 11 is 0. The van der Waals surface area contributed by atoms with E-state index in [1.165, 1.54) is 24.9 Å². The number of fused-ring (bicyclic) bond motifs is 1. The Morgan fingerprint density at radius 1 is 1.00 bits per heavy atom. The molecule has 128 valence electrons. The third kappa shape index (κ3) is 3.12. The number of hydrogen-bond donors (Lipinski definition) is 1. The topological polar surface area (TPSA) is 45.5 Å². The summed E-state index contributed by atoms with van der Waals surface area (Å²) in [5.41, 5.74) is 3.62. The molecule has 0 radical (unpaired) electrons. The molecule has 1 fully saturated rings. The first-order valence-corrected chi connectivity index (χ1v) is 8.87. The van der Waals surface area contributed by atoms with Gasteiger partial charge < -0.3 is 14.6 Å². The fourth-order valence-electron chi connectivity index (χ4n) is 3.49. The lowest BCUT2D eigenvalue weighted by Gasteiger charge is -2.28. The molecule has 0 aliphatic carbocycles. The van der Waals surface area contributed by atoms with Crippen molar-refractivity contribution in [3.8, 4) is 0 Å². The average molecular weight is 334 g/mol. The Bertz CT molecular complexity index is 890. The maximum atomic E-state index is 12.6. The molecule has 0 atom stereocenters. The zero-order valence-electron chi connectivity index (χ0n) is 14.4. The van der Waals surface area contributed by atoms with E-state index in [0.29, 0.717) is 5.76 Å². The monoisotopic (exact) mass is 334 g/mol. The minimum Gasteiger partial charge on any atom is -0.451 e. The molecular weight excluding hydrogens is 312 g/mol. The number of benzene rings is 2. The van der Waals surface area contributed by atoms with E-state index in [2.05, 4.69) is 22.3 Å². The molecule has 25 heavy (non-hydrogen) atoms. The number of hydrogen-bond acceptors (Lipinski definition) is 3. The van der Waals surface area contributed by atoms with E-state index in [1.54, 1.807) is 0 Å². The Labute approximate surface area is 147 Å². The standard InChI is InChI=1S/C21H22N2O2/c1-15-18-7-3-4-8-19(18)25-20(15)21(24)22-16-9-11-17(12-10-16)23-13-5-2-6-14-23/h3-4,7-12H,2,5-6,13-14H2,1H3,(H,22,24). The molecule has 1 aliphatic rings. The number of anilines is 2. The van der Waals surface area contributed by atoms with Crippen LogP contribution in [0.25, 0.3) is 11.0 Å². The third-order valence-electron chi connectivity index (χ3n) is 4.90. The van der Waals surface area contributed by atoms with E-state index in [-0.39, 0.29) is 5.91 Å². The van der Waals surface area contributed by atoms with E-state index in [0.717, 1.165) is 35.3 Å². The molecule has 4 nitrogen and oxygen atoms in total. The van der Waals surface area contributed by atoms with Crippen molar-refractivity contribution in [2.24, 2.45) is 0 Å². The van der Waals surface area contributed by atoms with Crippen molar-refractivity contribution >= 4 is 28.3 Å². The number of piperidine rings is 1. The lowest BCUT2D eigenvalue weighted by atomic mass is 10.1. The second-order valence-corrected chi connectivity index (χ2v) is 6.60. The first-order valence-electron chi connectivity index (χ1n) is 8.87. The zero-order chi connectivity index (χ0) is 17.2. The molecule has 3 aromatic rings. The van der Waals surface area contributed by atoms with Gasteiger partial charge in [-0.05, 0) is 56.5 Å². The van der Waals surface area contributed by atoms with E-state index in [9.17, 15) is 4.79 Å². The third-order valence-corrected chi connectivity index (χ3v) is 4.90. The van der Waals surface area contributed by atoms with Crippen molar-refractivity contribution in [3.05, 3.63) is 59.9 Å². The Morgan fingerprint density at radius 3 is 2.44 bits per heavy atom. The van der Waals surface area contributed by atoms with Gasteiger partial charge in [0.05, 0.1) is 0 Å². The molecule has 0 spiro atoms. The highest BCUT2D eigenvalue weighted by Crippen LogP contribution is 2.26. The lowest BCUT2D eigenvalue weighted by molar-refractivity contribution is 0.0998. The van der Waals surface area contributed by atoms with Crippen LogP contribution in [0, 0.1) is 6.92 Å². The Hall–Kier alpha value is -2.75. The Balaban J connectivity index is 1.51. The summed E-state index contributed by atoms with van der Waals surface area (Å²) in [6.45, 7) is 4.15. The first-order chi connectivity index (χ1) is 12.2. The van der Waals surface area contributed by atoms with Crippen LogP contribution in [0.15, 0.2) is 52.9 Å². The van der Waals surface area contributed by atoms with Crippen molar-refractivity contribution in [1.82, 2.24) is 0 Å². The summed E-state index contributed by atoms with van der Waals surface area (Å²) in [7, 11) is 0. The van der Waals surface area contributed by atoms with Crippen molar-refractivity contribution in [2.75, 3.05) is 23.3 Å². The number of aryl methyl sites for hydroxylation is 1. The molecule has 0 unspecified atom stereocenters. The minimum absolute atomic E-state index is 0.209. The summed E-state index contributed by atoms with van der Waals surface area (Å²) in [6, 6.07) is 15.8. The Kier molecular flexibility index (Phi) is 4.18. The molecule has 1 saturated heterocycles. The van der Waals surface area contributed by atoms with E-state index in [4.69, 9.17) is 4.42 Å². The molecule has 1 amide bonds. The van der Waals surface area contributed by atoms with Gasteiger partial charge in [0.15, 0.2) is 5.76 Å². The molecule has 4 rings (SSSR count). The number of para-hydroxylation sites is 1. The van der Waals surface area contributed by atoms with Gasteiger partial charge in [-0.15, -0.1) is 0 Å². The van der Waals surface area contributed by atoms with Crippen LogP contribution in [0.4, 0.5) is 11.4 Å². The molecule has 1 aliphatic heterocycles. The normalized spacial score (nSPS) is 14.7. The second-order valence-electron chi connectivity index (χ2n) is 6.60. The van der Waals surface area contributed by atoms with Crippen molar-refractivity contribution in [3.63, 3.8) is 0 Å². The van der Waals surface area contributed by atoms with Gasteiger partial charge in [0, 0.05) is 35.4 Å². The van der Waals surface area contributed by atoms with Gasteiger partial charge in [-0.2, -0.15) is 0 Å². The summed E-state index contributed by atoms with van der Waals surface area (Å²) in [5.74, 6) is 0.167. The largest absolute Gasteiger partial charge is 0.451 e. The number of amides is 1. The summed E-state index contributed by atoms with van der Waals surface area (Å²) < 4.78 is 5.73. The molecular formula is C21H22N2O2. The van der Waals surface area contributed by atoms with Crippen molar-refractivity contribution in [1.29, 1.82) is 0 Å². The molecule has 4 heteroatoms. The molecule has 0 bridgehead atoms. The number of rotatable bonds is 3. The molecule has 2 aromatic carbocycles. The van der Waals surface area contributed by atoms with Gasteiger partial charge in [-0.25, -0.2) is 0 Å². The van der Waals surface area contributed by atoms with Crippen LogP contribution < -0.4 is 10.2 Å². The second kappa shape index (κ2) is 6.63. The predicted molar refractivity (Wildman–Crippen MR) is 101 cm³/mol. The number of nitrogens with zero attached hydrogens (tertiary/aromatic N) is 1. The van der Waals surface area contributed by atoms with Gasteiger partial charge in [0.2, 0.25) is 0 Å². The first kappa shape index (κ1) is 15.8. The van der Waals surface area contributed by atoms with Crippen molar-refractivity contribution in [2.45, 2.75) is 26.2 Å². The highest BCUT2D eigenvalue weighted by atomic mass is 16.3. The van der Waals surface area contributed by atoms with Crippen LogP contribution in [0.3, 0.4) is 0 Å². The van der Waals surface area contributed by atoms with Crippen molar-refractivity contribution < 1.29 is 9.21 Å². The number of nitrogens with one attached hydrogen (secondary N) is 1. The highest BCUT2D eigenvalue weighted by Gasteiger charge is 2.17. The van der Waals surface area contributed by atoms with Crippen LogP contribution >= 0.6 is 0 Å². The van der Waals surface area contributed by atoms with Gasteiger partial charge in [0.1, 0.15) is 5.58 Å². The van der Waals surface area contributed by atoms with Gasteiger partial charge in [0.25, 0.3) is 5.91 Å². The minimum atomic E-state index is -0.209. The average Bonchev–Trinajstić information content (AvgIpc) is 3.00. The number of carbonyl (C=O) groups is 1. The van der Waals surface area contributed by atoms with E-state index >= 15 is 0 Å². The van der Waals surface area contributed by atoms with Crippen LogP contribution in [0.5, 0.6) is 0 Å². The van der Waals surface area contributed by atoms with E-state index in [1.807, 2.05) is 43.3 Å². The SMILES string of the molecule is Cc1c(C(=O)Nc2ccc(N3CCCCC3)cc2)oc2ccccc12. The van der Waals surface area contributed by atoms with Crippen LogP contribution in [-0.4, -0.2) is 19.0 Å². The molecule has 1 aromatic heterocycles. The van der Waals surface area contributed by atoms with Gasteiger partial charge in [-0.1, -0.05) is 18.2 Å². The zero-order valence-corrected chi connectivity index (χ0v) is 14.4. The molecule has 1 N–H and O–H groups in total. The maximum Gasteiger partial charge on any atom is 0.291 e. The van der Waals surface area contributed by atoms with E-state index < -0.39 is 0 Å². The quantitative estimate of drug-likeness (QED) is 0.734. The predicted octanol–water partition coefficient (Wildman–Crippen LogP) is 4.98. The number of carbonyl (C=O) groups excluding carboxylic acids is 1. The lowest BCUT2D eigenvalue weighted by Crippen LogP contribution is -2.29. The number of furan rings is 1.